The lowest BCUT2D eigenvalue weighted by molar-refractivity contribution is -0.138. The van der Waals surface area contributed by atoms with Crippen molar-refractivity contribution in [2.75, 3.05) is 33.0 Å². The predicted molar refractivity (Wildman–Crippen MR) is 66.5 cm³/mol. The highest BCUT2D eigenvalue weighted by atomic mass is 16.5. The van der Waals surface area contributed by atoms with Crippen LogP contribution in [0.5, 0.6) is 0 Å². The van der Waals surface area contributed by atoms with Crippen molar-refractivity contribution in [1.29, 1.82) is 0 Å². The zero-order valence-electron chi connectivity index (χ0n) is 10.9. The molecule has 1 N–H and O–H groups in total. The van der Waals surface area contributed by atoms with Gasteiger partial charge in [0.1, 0.15) is 0 Å². The van der Waals surface area contributed by atoms with Gasteiger partial charge < -0.3 is 14.6 Å². The van der Waals surface area contributed by atoms with Crippen LogP contribution >= 0.6 is 0 Å². The standard InChI is InChI=1S/C12H19NO6/c1-2-3-11(15)13(10-14)5-7-19-9-8-18-6-4-12(16)17/h2-3,10H,4-9H2,1H3,(H,16,17)/b3-2-. The monoisotopic (exact) mass is 273 g/mol. The number of carboxylic acids is 1. The first-order chi connectivity index (χ1) is 9.11. The first-order valence-corrected chi connectivity index (χ1v) is 5.87. The van der Waals surface area contributed by atoms with Gasteiger partial charge in [0.05, 0.1) is 39.4 Å². The fourth-order valence-corrected chi connectivity index (χ4v) is 1.10. The smallest absolute Gasteiger partial charge is 0.305 e. The summed E-state index contributed by atoms with van der Waals surface area (Å²) < 4.78 is 10.1. The van der Waals surface area contributed by atoms with Gasteiger partial charge >= 0.3 is 5.97 Å². The Balaban J connectivity index is 3.54. The second kappa shape index (κ2) is 11.4. The Morgan fingerprint density at radius 2 is 1.79 bits per heavy atom. The lowest BCUT2D eigenvalue weighted by atomic mass is 10.4. The summed E-state index contributed by atoms with van der Waals surface area (Å²) in [6, 6.07) is 0. The molecule has 0 unspecified atom stereocenters. The molecule has 0 fully saturated rings. The molecule has 0 aliphatic heterocycles. The number of allylic oxidation sites excluding steroid dienone is 1. The Kier molecular flexibility index (Phi) is 10.3. The maximum absolute atomic E-state index is 11.3. The number of carbonyl (C=O) groups is 3. The molecule has 0 aromatic carbocycles. The molecule has 0 aromatic heterocycles. The van der Waals surface area contributed by atoms with E-state index in [0.29, 0.717) is 6.41 Å². The average molecular weight is 273 g/mol. The molecule has 0 spiro atoms. The number of nitrogens with zero attached hydrogens (tertiary/aromatic N) is 1. The molecular weight excluding hydrogens is 254 g/mol. The van der Waals surface area contributed by atoms with Crippen LogP contribution in [0.1, 0.15) is 13.3 Å². The third kappa shape index (κ3) is 9.93. The van der Waals surface area contributed by atoms with Crippen LogP contribution in [0.2, 0.25) is 0 Å². The Bertz CT molecular complexity index is 315. The van der Waals surface area contributed by atoms with Gasteiger partial charge in [0.15, 0.2) is 0 Å². The molecule has 2 amide bonds. The number of imide groups is 1. The molecule has 0 radical (unpaired) electrons. The molecule has 0 saturated carbocycles. The lowest BCUT2D eigenvalue weighted by Gasteiger charge is -2.13. The van der Waals surface area contributed by atoms with Gasteiger partial charge in [-0.05, 0) is 13.0 Å². The summed E-state index contributed by atoms with van der Waals surface area (Å²) in [6.45, 7) is 2.76. The maximum Gasteiger partial charge on any atom is 0.305 e. The van der Waals surface area contributed by atoms with Gasteiger partial charge in [-0.25, -0.2) is 0 Å². The van der Waals surface area contributed by atoms with Gasteiger partial charge in [0.25, 0.3) is 5.91 Å². The number of rotatable bonds is 11. The maximum atomic E-state index is 11.3. The highest BCUT2D eigenvalue weighted by Crippen LogP contribution is 1.89. The molecule has 7 nitrogen and oxygen atoms in total. The molecule has 19 heavy (non-hydrogen) atoms. The minimum Gasteiger partial charge on any atom is -0.481 e. The van der Waals surface area contributed by atoms with Crippen molar-refractivity contribution in [2.24, 2.45) is 0 Å². The molecule has 0 rings (SSSR count). The molecule has 7 heteroatoms. The number of hydrogen-bond donors (Lipinski definition) is 1. The number of carbonyl (C=O) groups excluding carboxylic acids is 2. The number of carboxylic acid groups (broad SMARTS) is 1. The predicted octanol–water partition coefficient (Wildman–Crippen LogP) is 0.0554. The van der Waals surface area contributed by atoms with E-state index in [9.17, 15) is 14.4 Å². The van der Waals surface area contributed by atoms with E-state index in [1.54, 1.807) is 13.0 Å². The van der Waals surface area contributed by atoms with Crippen LogP contribution in [0, 0.1) is 0 Å². The SMILES string of the molecule is C/C=C\C(=O)N(C=O)CCOCCOCCC(=O)O. The zero-order valence-corrected chi connectivity index (χ0v) is 10.9. The van der Waals surface area contributed by atoms with E-state index in [2.05, 4.69) is 0 Å². The average Bonchev–Trinajstić information content (AvgIpc) is 2.37. The highest BCUT2D eigenvalue weighted by molar-refractivity contribution is 5.94. The first-order valence-electron chi connectivity index (χ1n) is 5.87. The normalized spacial score (nSPS) is 10.6. The molecule has 108 valence electrons. The third-order valence-electron chi connectivity index (χ3n) is 2.03. The second-order valence-electron chi connectivity index (χ2n) is 3.51. The van der Waals surface area contributed by atoms with E-state index < -0.39 is 5.97 Å². The molecule has 0 heterocycles. The summed E-state index contributed by atoms with van der Waals surface area (Å²) in [7, 11) is 0. The lowest BCUT2D eigenvalue weighted by Crippen LogP contribution is -2.31. The van der Waals surface area contributed by atoms with Gasteiger partial charge in [0, 0.05) is 0 Å². The molecule has 0 atom stereocenters. The van der Waals surface area contributed by atoms with Crippen molar-refractivity contribution >= 4 is 18.3 Å². The number of aliphatic carboxylic acids is 1. The number of ether oxygens (including phenoxy) is 2. The van der Waals surface area contributed by atoms with E-state index in [1.165, 1.54) is 6.08 Å². The third-order valence-corrected chi connectivity index (χ3v) is 2.03. The molecule has 0 bridgehead atoms. The molecule has 0 aliphatic carbocycles. The second-order valence-corrected chi connectivity index (χ2v) is 3.51. The van der Waals surface area contributed by atoms with Crippen molar-refractivity contribution in [3.8, 4) is 0 Å². The Morgan fingerprint density at radius 3 is 2.32 bits per heavy atom. The van der Waals surface area contributed by atoms with Crippen LogP contribution in [-0.2, 0) is 23.9 Å². The van der Waals surface area contributed by atoms with Crippen LogP contribution in [0.25, 0.3) is 0 Å². The fourth-order valence-electron chi connectivity index (χ4n) is 1.10. The van der Waals surface area contributed by atoms with Crippen LogP contribution in [0.3, 0.4) is 0 Å². The molecular formula is C12H19NO6. The Morgan fingerprint density at radius 1 is 1.16 bits per heavy atom. The molecule has 0 saturated heterocycles. The molecule has 0 aromatic rings. The van der Waals surface area contributed by atoms with Crippen LogP contribution in [0.15, 0.2) is 12.2 Å². The summed E-state index contributed by atoms with van der Waals surface area (Å²) in [5.74, 6) is -1.30. The van der Waals surface area contributed by atoms with E-state index in [-0.39, 0.29) is 45.3 Å². The zero-order chi connectivity index (χ0) is 14.5. The minimum atomic E-state index is -0.912. The van der Waals surface area contributed by atoms with Crippen LogP contribution < -0.4 is 0 Å². The summed E-state index contributed by atoms with van der Waals surface area (Å²) in [6.07, 6.45) is 3.26. The Hall–Kier alpha value is -1.73. The van der Waals surface area contributed by atoms with Crippen molar-refractivity contribution in [3.63, 3.8) is 0 Å². The summed E-state index contributed by atoms with van der Waals surface area (Å²) in [5.41, 5.74) is 0. The summed E-state index contributed by atoms with van der Waals surface area (Å²) in [5, 5.41) is 8.35. The minimum absolute atomic E-state index is 0.0449. The van der Waals surface area contributed by atoms with Gasteiger partial charge in [0.2, 0.25) is 6.41 Å². The van der Waals surface area contributed by atoms with Crippen molar-refractivity contribution in [1.82, 2.24) is 4.90 Å². The highest BCUT2D eigenvalue weighted by Gasteiger charge is 2.08. The Labute approximate surface area is 111 Å². The van der Waals surface area contributed by atoms with E-state index in [1.807, 2.05) is 0 Å². The first kappa shape index (κ1) is 17.3. The van der Waals surface area contributed by atoms with Crippen LogP contribution in [0.4, 0.5) is 0 Å². The molecule has 0 aliphatic rings. The van der Waals surface area contributed by atoms with Gasteiger partial charge in [-0.15, -0.1) is 0 Å². The van der Waals surface area contributed by atoms with Crippen molar-refractivity contribution in [2.45, 2.75) is 13.3 Å². The largest absolute Gasteiger partial charge is 0.481 e. The number of hydrogen-bond acceptors (Lipinski definition) is 5. The number of amides is 2. The quantitative estimate of drug-likeness (QED) is 0.325. The van der Waals surface area contributed by atoms with Gasteiger partial charge in [-0.1, -0.05) is 6.08 Å². The fraction of sp³-hybridized carbons (Fsp3) is 0.583. The van der Waals surface area contributed by atoms with Crippen molar-refractivity contribution in [3.05, 3.63) is 12.2 Å². The van der Waals surface area contributed by atoms with E-state index in [4.69, 9.17) is 14.6 Å². The van der Waals surface area contributed by atoms with E-state index in [0.717, 1.165) is 4.90 Å². The van der Waals surface area contributed by atoms with Gasteiger partial charge in [-0.3, -0.25) is 19.3 Å². The van der Waals surface area contributed by atoms with Crippen molar-refractivity contribution < 1.29 is 29.0 Å². The van der Waals surface area contributed by atoms with E-state index >= 15 is 0 Å². The summed E-state index contributed by atoms with van der Waals surface area (Å²) >= 11 is 0. The summed E-state index contributed by atoms with van der Waals surface area (Å²) in [4.78, 5) is 33.1. The topological polar surface area (TPSA) is 93.1 Å². The van der Waals surface area contributed by atoms with Crippen LogP contribution in [-0.4, -0.2) is 61.3 Å². The van der Waals surface area contributed by atoms with Gasteiger partial charge in [-0.2, -0.15) is 0 Å².